The van der Waals surface area contributed by atoms with Crippen molar-refractivity contribution in [3.8, 4) is 0 Å². The standard InChI is InChI=1S/C18H26N2O/c1-13-8-10-14(11-9-13)20(2)18(21)16-5-3-7-17-15(16)6-4-12-19-17/h3,5,7,13-14,19H,4,6,8-12H2,1-2H3. The summed E-state index contributed by atoms with van der Waals surface area (Å²) in [7, 11) is 1.98. The van der Waals surface area contributed by atoms with Crippen molar-refractivity contribution in [2.75, 3.05) is 18.9 Å². The van der Waals surface area contributed by atoms with Gasteiger partial charge in [0.2, 0.25) is 0 Å². The molecule has 0 bridgehead atoms. The molecule has 0 atom stereocenters. The van der Waals surface area contributed by atoms with Crippen molar-refractivity contribution in [2.45, 2.75) is 51.5 Å². The summed E-state index contributed by atoms with van der Waals surface area (Å²) in [4.78, 5) is 14.9. The SMILES string of the molecule is CC1CCC(N(C)C(=O)c2cccc3c2CCCN3)CC1. The predicted molar refractivity (Wildman–Crippen MR) is 86.8 cm³/mol. The number of nitrogens with one attached hydrogen (secondary N) is 1. The van der Waals surface area contributed by atoms with E-state index in [0.29, 0.717) is 6.04 Å². The molecule has 3 rings (SSSR count). The zero-order valence-corrected chi connectivity index (χ0v) is 13.2. The van der Waals surface area contributed by atoms with Gasteiger partial charge in [-0.2, -0.15) is 0 Å². The van der Waals surface area contributed by atoms with Gasteiger partial charge in [-0.15, -0.1) is 0 Å². The Morgan fingerprint density at radius 1 is 1.24 bits per heavy atom. The summed E-state index contributed by atoms with van der Waals surface area (Å²) < 4.78 is 0. The molecule has 0 spiro atoms. The number of hydrogen-bond acceptors (Lipinski definition) is 2. The van der Waals surface area contributed by atoms with Gasteiger partial charge in [0.25, 0.3) is 5.91 Å². The van der Waals surface area contributed by atoms with Crippen LogP contribution in [-0.4, -0.2) is 30.4 Å². The molecule has 0 unspecified atom stereocenters. The zero-order valence-electron chi connectivity index (χ0n) is 13.2. The van der Waals surface area contributed by atoms with E-state index in [-0.39, 0.29) is 5.91 Å². The third-order valence-electron chi connectivity index (χ3n) is 5.18. The Hall–Kier alpha value is -1.51. The molecule has 1 aromatic rings. The Morgan fingerprint density at radius 2 is 2.00 bits per heavy atom. The highest BCUT2D eigenvalue weighted by Crippen LogP contribution is 2.30. The van der Waals surface area contributed by atoms with Gasteiger partial charge in [0.05, 0.1) is 0 Å². The smallest absolute Gasteiger partial charge is 0.254 e. The number of rotatable bonds is 2. The summed E-state index contributed by atoms with van der Waals surface area (Å²) in [6.45, 7) is 3.33. The minimum absolute atomic E-state index is 0.204. The van der Waals surface area contributed by atoms with E-state index in [9.17, 15) is 4.79 Å². The van der Waals surface area contributed by atoms with Crippen LogP contribution in [0.25, 0.3) is 0 Å². The number of benzene rings is 1. The fraction of sp³-hybridized carbons (Fsp3) is 0.611. The lowest BCUT2D eigenvalue weighted by Gasteiger charge is -2.34. The van der Waals surface area contributed by atoms with Gasteiger partial charge in [0.1, 0.15) is 0 Å². The van der Waals surface area contributed by atoms with Crippen LogP contribution < -0.4 is 5.32 Å². The molecule has 1 aliphatic carbocycles. The molecule has 1 amide bonds. The van der Waals surface area contributed by atoms with Crippen molar-refractivity contribution < 1.29 is 4.79 Å². The van der Waals surface area contributed by atoms with Gasteiger partial charge in [-0.1, -0.05) is 13.0 Å². The van der Waals surface area contributed by atoms with Crippen molar-refractivity contribution in [1.29, 1.82) is 0 Å². The van der Waals surface area contributed by atoms with Crippen LogP contribution in [0, 0.1) is 5.92 Å². The third-order valence-corrected chi connectivity index (χ3v) is 5.18. The molecule has 1 heterocycles. The van der Waals surface area contributed by atoms with Gasteiger partial charge in [-0.3, -0.25) is 4.79 Å². The second-order valence-corrected chi connectivity index (χ2v) is 6.69. The number of hydrogen-bond donors (Lipinski definition) is 1. The second-order valence-electron chi connectivity index (χ2n) is 6.69. The van der Waals surface area contributed by atoms with E-state index in [1.807, 2.05) is 24.1 Å². The van der Waals surface area contributed by atoms with Crippen molar-refractivity contribution >= 4 is 11.6 Å². The third kappa shape index (κ3) is 2.92. The molecule has 1 aliphatic heterocycles. The first-order chi connectivity index (χ1) is 10.2. The first kappa shape index (κ1) is 14.4. The van der Waals surface area contributed by atoms with Gasteiger partial charge >= 0.3 is 0 Å². The molecular formula is C18H26N2O. The van der Waals surface area contributed by atoms with Gasteiger partial charge in [0, 0.05) is 30.9 Å². The molecule has 1 aromatic carbocycles. The first-order valence-corrected chi connectivity index (χ1v) is 8.29. The van der Waals surface area contributed by atoms with E-state index < -0.39 is 0 Å². The maximum absolute atomic E-state index is 12.9. The fourth-order valence-electron chi connectivity index (χ4n) is 3.70. The predicted octanol–water partition coefficient (Wildman–Crippen LogP) is 3.70. The lowest BCUT2D eigenvalue weighted by atomic mass is 9.86. The number of nitrogens with zero attached hydrogens (tertiary/aromatic N) is 1. The molecule has 1 fully saturated rings. The summed E-state index contributed by atoms with van der Waals surface area (Å²) in [6.07, 6.45) is 6.92. The van der Waals surface area contributed by atoms with Crippen LogP contribution in [0.1, 0.15) is 54.9 Å². The van der Waals surface area contributed by atoms with Gasteiger partial charge < -0.3 is 10.2 Å². The van der Waals surface area contributed by atoms with Crippen LogP contribution >= 0.6 is 0 Å². The lowest BCUT2D eigenvalue weighted by Crippen LogP contribution is -2.39. The van der Waals surface area contributed by atoms with E-state index in [4.69, 9.17) is 0 Å². The van der Waals surface area contributed by atoms with Crippen LogP contribution in [0.3, 0.4) is 0 Å². The average molecular weight is 286 g/mol. The van der Waals surface area contributed by atoms with E-state index in [1.165, 1.54) is 18.4 Å². The highest BCUT2D eigenvalue weighted by Gasteiger charge is 2.27. The second kappa shape index (κ2) is 6.08. The van der Waals surface area contributed by atoms with Crippen LogP contribution in [0.15, 0.2) is 18.2 Å². The van der Waals surface area contributed by atoms with Crippen LogP contribution in [0.5, 0.6) is 0 Å². The number of anilines is 1. The van der Waals surface area contributed by atoms with E-state index in [2.05, 4.69) is 18.3 Å². The van der Waals surface area contributed by atoms with E-state index in [1.54, 1.807) is 0 Å². The Morgan fingerprint density at radius 3 is 2.76 bits per heavy atom. The molecule has 2 aliphatic rings. The molecule has 0 aromatic heterocycles. The summed E-state index contributed by atoms with van der Waals surface area (Å²) in [5, 5.41) is 3.41. The van der Waals surface area contributed by atoms with E-state index >= 15 is 0 Å². The fourth-order valence-corrected chi connectivity index (χ4v) is 3.70. The Bertz CT molecular complexity index is 518. The molecule has 0 radical (unpaired) electrons. The van der Waals surface area contributed by atoms with Crippen molar-refractivity contribution in [2.24, 2.45) is 5.92 Å². The molecule has 1 saturated carbocycles. The number of fused-ring (bicyclic) bond motifs is 1. The van der Waals surface area contributed by atoms with Gasteiger partial charge in [-0.25, -0.2) is 0 Å². The largest absolute Gasteiger partial charge is 0.385 e. The summed E-state index contributed by atoms with van der Waals surface area (Å²) in [5.41, 5.74) is 3.27. The quantitative estimate of drug-likeness (QED) is 0.899. The van der Waals surface area contributed by atoms with Crippen LogP contribution in [0.4, 0.5) is 5.69 Å². The monoisotopic (exact) mass is 286 g/mol. The van der Waals surface area contributed by atoms with Gasteiger partial charge in [-0.05, 0) is 62.1 Å². The summed E-state index contributed by atoms with van der Waals surface area (Å²) in [5.74, 6) is 1.02. The molecule has 0 saturated heterocycles. The highest BCUT2D eigenvalue weighted by molar-refractivity contribution is 5.97. The average Bonchev–Trinajstić information content (AvgIpc) is 2.53. The Kier molecular flexibility index (Phi) is 4.18. The summed E-state index contributed by atoms with van der Waals surface area (Å²) in [6, 6.07) is 6.51. The lowest BCUT2D eigenvalue weighted by molar-refractivity contribution is 0.0678. The number of carbonyl (C=O) groups is 1. The molecule has 21 heavy (non-hydrogen) atoms. The number of amides is 1. The maximum atomic E-state index is 12.9. The molecule has 3 nitrogen and oxygen atoms in total. The zero-order chi connectivity index (χ0) is 14.8. The van der Waals surface area contributed by atoms with Crippen molar-refractivity contribution in [3.63, 3.8) is 0 Å². The Balaban J connectivity index is 1.78. The topological polar surface area (TPSA) is 32.3 Å². The van der Waals surface area contributed by atoms with E-state index in [0.717, 1.165) is 49.4 Å². The van der Waals surface area contributed by atoms with Crippen LogP contribution in [-0.2, 0) is 6.42 Å². The minimum atomic E-state index is 0.204. The molecule has 3 heteroatoms. The summed E-state index contributed by atoms with van der Waals surface area (Å²) >= 11 is 0. The first-order valence-electron chi connectivity index (χ1n) is 8.29. The molecular weight excluding hydrogens is 260 g/mol. The Labute approximate surface area is 127 Å². The van der Waals surface area contributed by atoms with Crippen molar-refractivity contribution in [1.82, 2.24) is 4.90 Å². The molecule has 114 valence electrons. The van der Waals surface area contributed by atoms with Gasteiger partial charge in [0.15, 0.2) is 0 Å². The van der Waals surface area contributed by atoms with Crippen molar-refractivity contribution in [3.05, 3.63) is 29.3 Å². The highest BCUT2D eigenvalue weighted by atomic mass is 16.2. The maximum Gasteiger partial charge on any atom is 0.254 e. The number of carbonyl (C=O) groups excluding carboxylic acids is 1. The molecule has 1 N–H and O–H groups in total. The van der Waals surface area contributed by atoms with Crippen LogP contribution in [0.2, 0.25) is 0 Å². The normalized spacial score (nSPS) is 24.9. The minimum Gasteiger partial charge on any atom is -0.385 e.